The first-order valence-electron chi connectivity index (χ1n) is 12.9. The molecule has 8 nitrogen and oxygen atoms in total. The zero-order valence-corrected chi connectivity index (χ0v) is 27.6. The minimum absolute atomic E-state index is 0.0493. The Morgan fingerprint density at radius 2 is 0.881 bits per heavy atom. The van der Waals surface area contributed by atoms with Crippen LogP contribution in [0.25, 0.3) is 0 Å². The van der Waals surface area contributed by atoms with Gasteiger partial charge in [-0.1, -0.05) is 123 Å². The fourth-order valence-corrected chi connectivity index (χ4v) is 5.01. The first-order valence-corrected chi connectivity index (χ1v) is 15.2. The Balaban J connectivity index is 2.39. The standard InChI is InChI=1S/C28H28Cl6O8/c1-5-13(6-2)11-39-25(35)19-21(33)15(29)9-17(31)23(19)41-27(37)28(38)42-24-18(32)10-16(30)22(34)20(24)26(36)40-12-14(7-3)8-4/h9-10,13-14H,5-8,11-12H2,1-4H3. The summed E-state index contributed by atoms with van der Waals surface area (Å²) in [5.41, 5.74) is -0.945. The molecule has 230 valence electrons. The number of hydrogen-bond donors (Lipinski definition) is 0. The van der Waals surface area contributed by atoms with Gasteiger partial charge in [0, 0.05) is 0 Å². The lowest BCUT2D eigenvalue weighted by Gasteiger charge is -2.17. The van der Waals surface area contributed by atoms with Crippen molar-refractivity contribution in [3.05, 3.63) is 53.4 Å². The molecule has 0 heterocycles. The number of esters is 4. The third kappa shape index (κ3) is 9.04. The maximum Gasteiger partial charge on any atom is 0.423 e. The second-order valence-electron chi connectivity index (χ2n) is 9.06. The molecule has 42 heavy (non-hydrogen) atoms. The van der Waals surface area contributed by atoms with E-state index in [-0.39, 0.29) is 55.2 Å². The lowest BCUT2D eigenvalue weighted by molar-refractivity contribution is -0.156. The van der Waals surface area contributed by atoms with E-state index in [0.717, 1.165) is 37.8 Å². The molecule has 0 aliphatic carbocycles. The monoisotopic (exact) mass is 702 g/mol. The number of rotatable bonds is 12. The predicted molar refractivity (Wildman–Crippen MR) is 163 cm³/mol. The molecule has 0 bridgehead atoms. The van der Waals surface area contributed by atoms with Crippen molar-refractivity contribution in [1.29, 1.82) is 0 Å². The highest BCUT2D eigenvalue weighted by Gasteiger charge is 2.32. The maximum atomic E-state index is 12.9. The first-order chi connectivity index (χ1) is 19.8. The van der Waals surface area contributed by atoms with Crippen LogP contribution in [-0.4, -0.2) is 37.1 Å². The summed E-state index contributed by atoms with van der Waals surface area (Å²) in [7, 11) is 0. The van der Waals surface area contributed by atoms with Crippen LogP contribution in [0.5, 0.6) is 11.5 Å². The summed E-state index contributed by atoms with van der Waals surface area (Å²) in [6, 6.07) is 2.22. The molecular formula is C28H28Cl6O8. The van der Waals surface area contributed by atoms with Crippen LogP contribution in [0.2, 0.25) is 30.1 Å². The molecule has 0 fully saturated rings. The summed E-state index contributed by atoms with van der Waals surface area (Å²) in [6.45, 7) is 7.83. The van der Waals surface area contributed by atoms with Crippen molar-refractivity contribution < 1.29 is 38.1 Å². The van der Waals surface area contributed by atoms with Crippen molar-refractivity contribution in [2.24, 2.45) is 11.8 Å². The lowest BCUT2D eigenvalue weighted by Crippen LogP contribution is -2.27. The average Bonchev–Trinajstić information content (AvgIpc) is 2.95. The third-order valence-corrected chi connectivity index (χ3v) is 8.56. The van der Waals surface area contributed by atoms with Crippen LogP contribution >= 0.6 is 69.6 Å². The Morgan fingerprint density at radius 1 is 0.571 bits per heavy atom. The molecule has 0 saturated heterocycles. The zero-order valence-electron chi connectivity index (χ0n) is 23.1. The number of hydrogen-bond acceptors (Lipinski definition) is 8. The minimum atomic E-state index is -1.65. The van der Waals surface area contributed by atoms with E-state index < -0.39 is 46.5 Å². The number of carbonyl (C=O) groups excluding carboxylic acids is 4. The van der Waals surface area contributed by atoms with Gasteiger partial charge in [0.25, 0.3) is 0 Å². The highest BCUT2D eigenvalue weighted by molar-refractivity contribution is 6.47. The third-order valence-electron chi connectivity index (χ3n) is 6.43. The summed E-state index contributed by atoms with van der Waals surface area (Å²) in [5, 5.41) is -1.53. The largest absolute Gasteiger partial charge is 0.462 e. The van der Waals surface area contributed by atoms with Gasteiger partial charge in [-0.15, -0.1) is 0 Å². The van der Waals surface area contributed by atoms with Crippen molar-refractivity contribution in [3.8, 4) is 11.5 Å². The molecule has 0 atom stereocenters. The van der Waals surface area contributed by atoms with Gasteiger partial charge in [0.1, 0.15) is 11.1 Å². The van der Waals surface area contributed by atoms with Crippen LogP contribution in [0.4, 0.5) is 0 Å². The van der Waals surface area contributed by atoms with Crippen molar-refractivity contribution >= 4 is 93.5 Å². The molecule has 0 aromatic heterocycles. The van der Waals surface area contributed by atoms with Crippen LogP contribution in [0.3, 0.4) is 0 Å². The van der Waals surface area contributed by atoms with Gasteiger partial charge in [-0.25, -0.2) is 19.2 Å². The van der Waals surface area contributed by atoms with Gasteiger partial charge in [-0.3, -0.25) is 0 Å². The molecule has 2 aromatic rings. The highest BCUT2D eigenvalue weighted by Crippen LogP contribution is 2.42. The van der Waals surface area contributed by atoms with Crippen LogP contribution in [0, 0.1) is 11.8 Å². The van der Waals surface area contributed by atoms with Crippen LogP contribution in [-0.2, 0) is 19.1 Å². The molecule has 2 aromatic carbocycles. The number of carbonyl (C=O) groups is 4. The summed E-state index contributed by atoms with van der Waals surface area (Å²) < 4.78 is 20.9. The van der Waals surface area contributed by atoms with E-state index in [1.807, 2.05) is 27.7 Å². The molecule has 0 aliphatic heterocycles. The summed E-state index contributed by atoms with van der Waals surface area (Å²) in [5.74, 6) is -6.32. The Morgan fingerprint density at radius 3 is 1.17 bits per heavy atom. The number of benzene rings is 2. The molecular weight excluding hydrogens is 677 g/mol. The lowest BCUT2D eigenvalue weighted by atomic mass is 10.1. The molecule has 14 heteroatoms. The Bertz CT molecular complexity index is 1240. The number of ether oxygens (including phenoxy) is 4. The number of halogens is 6. The van der Waals surface area contributed by atoms with Gasteiger partial charge in [-0.2, -0.15) is 0 Å². The summed E-state index contributed by atoms with van der Waals surface area (Å²) >= 11 is 37.0. The van der Waals surface area contributed by atoms with Gasteiger partial charge >= 0.3 is 23.9 Å². The topological polar surface area (TPSA) is 105 Å². The SMILES string of the molecule is CCC(CC)COC(=O)c1c(Cl)c(Cl)cc(Cl)c1OC(=O)C(=O)Oc1c(Cl)cc(Cl)c(Cl)c1C(=O)OCC(CC)CC. The first kappa shape index (κ1) is 36.3. The molecule has 0 unspecified atom stereocenters. The highest BCUT2D eigenvalue weighted by atomic mass is 35.5. The van der Waals surface area contributed by atoms with Gasteiger partial charge in [0.2, 0.25) is 0 Å². The smallest absolute Gasteiger partial charge is 0.423 e. The van der Waals surface area contributed by atoms with E-state index in [9.17, 15) is 19.2 Å². The van der Waals surface area contributed by atoms with E-state index in [4.69, 9.17) is 88.6 Å². The molecule has 2 rings (SSSR count). The normalized spacial score (nSPS) is 11.0. The summed E-state index contributed by atoms with van der Waals surface area (Å²) in [4.78, 5) is 51.5. The van der Waals surface area contributed by atoms with Crippen molar-refractivity contribution in [1.82, 2.24) is 0 Å². The van der Waals surface area contributed by atoms with E-state index in [1.165, 1.54) is 0 Å². The van der Waals surface area contributed by atoms with Crippen molar-refractivity contribution in [2.75, 3.05) is 13.2 Å². The second kappa shape index (κ2) is 16.8. The predicted octanol–water partition coefficient (Wildman–Crippen LogP) is 9.30. The van der Waals surface area contributed by atoms with Gasteiger partial charge in [-0.05, 0) is 24.0 Å². The molecule has 0 N–H and O–H groups in total. The van der Waals surface area contributed by atoms with E-state index in [0.29, 0.717) is 0 Å². The fraction of sp³-hybridized carbons (Fsp3) is 0.429. The van der Waals surface area contributed by atoms with E-state index in [2.05, 4.69) is 0 Å². The van der Waals surface area contributed by atoms with E-state index in [1.54, 1.807) is 0 Å². The van der Waals surface area contributed by atoms with Crippen molar-refractivity contribution in [3.63, 3.8) is 0 Å². The van der Waals surface area contributed by atoms with Crippen LogP contribution < -0.4 is 9.47 Å². The van der Waals surface area contributed by atoms with Crippen LogP contribution in [0.15, 0.2) is 12.1 Å². The second-order valence-corrected chi connectivity index (χ2v) is 11.4. The zero-order chi connectivity index (χ0) is 31.7. The van der Waals surface area contributed by atoms with Crippen LogP contribution in [0.1, 0.15) is 74.1 Å². The fourth-order valence-electron chi connectivity index (χ4n) is 3.57. The van der Waals surface area contributed by atoms with E-state index >= 15 is 0 Å². The minimum Gasteiger partial charge on any atom is -0.462 e. The molecule has 0 spiro atoms. The average molecular weight is 705 g/mol. The Hall–Kier alpha value is -1.94. The Kier molecular flexibility index (Phi) is 14.5. The molecule has 0 radical (unpaired) electrons. The maximum absolute atomic E-state index is 12.9. The quantitative estimate of drug-likeness (QED) is 0.0932. The van der Waals surface area contributed by atoms with Gasteiger partial charge < -0.3 is 18.9 Å². The van der Waals surface area contributed by atoms with Crippen molar-refractivity contribution in [2.45, 2.75) is 53.4 Å². The molecule has 0 aliphatic rings. The molecule has 0 amide bonds. The Labute approximate surface area is 273 Å². The molecule has 0 saturated carbocycles. The summed E-state index contributed by atoms with van der Waals surface area (Å²) in [6.07, 6.45) is 2.97. The van der Waals surface area contributed by atoms with Gasteiger partial charge in [0.15, 0.2) is 11.5 Å². The van der Waals surface area contributed by atoms with Gasteiger partial charge in [0.05, 0.1) is 43.3 Å².